The van der Waals surface area contributed by atoms with Crippen molar-refractivity contribution in [2.24, 2.45) is 5.92 Å². The molecule has 2 heterocycles. The second kappa shape index (κ2) is 8.68. The van der Waals surface area contributed by atoms with Gasteiger partial charge in [0.2, 0.25) is 0 Å². The van der Waals surface area contributed by atoms with Gasteiger partial charge in [-0.15, -0.1) is 0 Å². The molecule has 0 atom stereocenters. The highest BCUT2D eigenvalue weighted by Gasteiger charge is 2.27. The molecule has 6 nitrogen and oxygen atoms in total. The molecule has 0 amide bonds. The summed E-state index contributed by atoms with van der Waals surface area (Å²) in [6.07, 6.45) is 5.10. The maximum absolute atomic E-state index is 11.8. The highest BCUT2D eigenvalue weighted by Crippen LogP contribution is 2.27. The zero-order valence-electron chi connectivity index (χ0n) is 13.3. The predicted octanol–water partition coefficient (Wildman–Crippen LogP) is 2.76. The summed E-state index contributed by atoms with van der Waals surface area (Å²) in [5.41, 5.74) is 0.840. The van der Waals surface area contributed by atoms with Crippen molar-refractivity contribution in [2.75, 3.05) is 24.6 Å². The monoisotopic (exact) mass is 336 g/mol. The second-order valence-corrected chi connectivity index (χ2v) is 5.86. The maximum Gasteiger partial charge on any atom is 0.309 e. The van der Waals surface area contributed by atoms with Gasteiger partial charge in [0.25, 0.3) is 0 Å². The molecule has 1 aliphatic rings. The summed E-state index contributed by atoms with van der Waals surface area (Å²) < 4.78 is 5.08. The fourth-order valence-corrected chi connectivity index (χ4v) is 2.87. The molecule has 0 aromatic carbocycles. The van der Waals surface area contributed by atoms with Gasteiger partial charge in [0.15, 0.2) is 11.0 Å². The van der Waals surface area contributed by atoms with Gasteiger partial charge in [-0.3, -0.25) is 4.79 Å². The number of halogens is 1. The molecule has 1 saturated heterocycles. The van der Waals surface area contributed by atoms with Crippen molar-refractivity contribution in [3.8, 4) is 6.07 Å². The number of nitriles is 1. The van der Waals surface area contributed by atoms with Gasteiger partial charge in [-0.1, -0.05) is 11.6 Å². The molecule has 0 N–H and O–H groups in total. The Morgan fingerprint density at radius 3 is 2.91 bits per heavy atom. The number of piperidine rings is 1. The highest BCUT2D eigenvalue weighted by atomic mass is 35.5. The summed E-state index contributed by atoms with van der Waals surface area (Å²) in [6, 6.07) is 2.12. The van der Waals surface area contributed by atoms with Gasteiger partial charge in [-0.2, -0.15) is 5.26 Å². The molecule has 0 saturated carbocycles. The first-order valence-electron chi connectivity index (χ1n) is 7.95. The number of hydrogen-bond acceptors (Lipinski definition) is 6. The van der Waals surface area contributed by atoms with E-state index in [1.807, 2.05) is 6.92 Å². The number of esters is 1. The third kappa shape index (κ3) is 4.80. The lowest BCUT2D eigenvalue weighted by atomic mass is 9.97. The Bertz CT molecular complexity index is 580. The van der Waals surface area contributed by atoms with Crippen LogP contribution in [-0.4, -0.2) is 35.6 Å². The van der Waals surface area contributed by atoms with E-state index in [2.05, 4.69) is 20.9 Å². The average molecular weight is 337 g/mol. The van der Waals surface area contributed by atoms with Crippen molar-refractivity contribution in [2.45, 2.75) is 39.0 Å². The molecular formula is C16H21ClN4O2. The number of rotatable bonds is 6. The first kappa shape index (κ1) is 17.5. The molecule has 1 fully saturated rings. The summed E-state index contributed by atoms with van der Waals surface area (Å²) >= 11 is 6.18. The molecule has 1 aromatic heterocycles. The number of aryl methyl sites for hydroxylation is 1. The Morgan fingerprint density at radius 1 is 1.52 bits per heavy atom. The smallest absolute Gasteiger partial charge is 0.309 e. The van der Waals surface area contributed by atoms with E-state index in [4.69, 9.17) is 21.6 Å². The fourth-order valence-electron chi connectivity index (χ4n) is 2.66. The molecule has 7 heteroatoms. The van der Waals surface area contributed by atoms with Gasteiger partial charge in [0.05, 0.1) is 30.5 Å². The molecule has 0 aliphatic carbocycles. The van der Waals surface area contributed by atoms with E-state index < -0.39 is 0 Å². The van der Waals surface area contributed by atoms with Crippen molar-refractivity contribution in [1.29, 1.82) is 5.26 Å². The Balaban J connectivity index is 1.98. The number of anilines is 1. The molecular weight excluding hydrogens is 316 g/mol. The zero-order valence-corrected chi connectivity index (χ0v) is 14.1. The van der Waals surface area contributed by atoms with Crippen LogP contribution in [0.2, 0.25) is 5.15 Å². The maximum atomic E-state index is 11.8. The van der Waals surface area contributed by atoms with Crippen molar-refractivity contribution in [3.63, 3.8) is 0 Å². The van der Waals surface area contributed by atoms with E-state index in [1.54, 1.807) is 6.20 Å². The minimum atomic E-state index is -0.116. The van der Waals surface area contributed by atoms with Crippen LogP contribution in [0.25, 0.3) is 0 Å². The lowest BCUT2D eigenvalue weighted by Crippen LogP contribution is -2.37. The van der Waals surface area contributed by atoms with E-state index in [9.17, 15) is 4.79 Å². The third-order valence-electron chi connectivity index (χ3n) is 3.90. The van der Waals surface area contributed by atoms with Crippen molar-refractivity contribution in [1.82, 2.24) is 9.97 Å². The average Bonchev–Trinajstić information content (AvgIpc) is 2.57. The van der Waals surface area contributed by atoms with Gasteiger partial charge in [0.1, 0.15) is 0 Å². The summed E-state index contributed by atoms with van der Waals surface area (Å²) in [5.74, 6) is 0.509. The number of hydrogen-bond donors (Lipinski definition) is 0. The molecule has 124 valence electrons. The number of carbonyl (C=O) groups is 1. The van der Waals surface area contributed by atoms with Crippen LogP contribution in [0.1, 0.15) is 38.3 Å². The first-order valence-corrected chi connectivity index (χ1v) is 8.33. The minimum Gasteiger partial charge on any atom is -0.466 e. The van der Waals surface area contributed by atoms with E-state index in [0.29, 0.717) is 43.5 Å². The fraction of sp³-hybridized carbons (Fsp3) is 0.625. The van der Waals surface area contributed by atoms with Gasteiger partial charge in [0, 0.05) is 19.5 Å². The van der Waals surface area contributed by atoms with Crippen molar-refractivity contribution >= 4 is 23.4 Å². The van der Waals surface area contributed by atoms with E-state index in [-0.39, 0.29) is 11.9 Å². The van der Waals surface area contributed by atoms with Crippen molar-refractivity contribution < 1.29 is 9.53 Å². The summed E-state index contributed by atoms with van der Waals surface area (Å²) in [4.78, 5) is 22.6. The van der Waals surface area contributed by atoms with Crippen LogP contribution in [0, 0.1) is 17.2 Å². The summed E-state index contributed by atoms with van der Waals surface area (Å²) in [6.45, 7) is 3.65. The van der Waals surface area contributed by atoms with Crippen LogP contribution in [0.4, 0.5) is 5.82 Å². The molecule has 23 heavy (non-hydrogen) atoms. The van der Waals surface area contributed by atoms with Crippen LogP contribution in [-0.2, 0) is 16.0 Å². The Kier molecular flexibility index (Phi) is 6.60. The number of carbonyl (C=O) groups excluding carboxylic acids is 1. The van der Waals surface area contributed by atoms with Gasteiger partial charge >= 0.3 is 5.97 Å². The third-order valence-corrected chi connectivity index (χ3v) is 4.16. The molecule has 2 rings (SSSR count). The van der Waals surface area contributed by atoms with Crippen LogP contribution in [0.15, 0.2) is 6.20 Å². The molecule has 1 aliphatic heterocycles. The van der Waals surface area contributed by atoms with Gasteiger partial charge in [-0.25, -0.2) is 9.97 Å². The van der Waals surface area contributed by atoms with Crippen LogP contribution in [0.5, 0.6) is 0 Å². The Labute approximate surface area is 141 Å². The van der Waals surface area contributed by atoms with Crippen LogP contribution in [0.3, 0.4) is 0 Å². The minimum absolute atomic E-state index is 0.0447. The summed E-state index contributed by atoms with van der Waals surface area (Å²) in [5, 5.41) is 8.98. The largest absolute Gasteiger partial charge is 0.466 e. The highest BCUT2D eigenvalue weighted by molar-refractivity contribution is 6.31. The Hall–Kier alpha value is -1.87. The number of nitrogens with zero attached hydrogens (tertiary/aromatic N) is 4. The number of ether oxygens (including phenoxy) is 1. The molecule has 0 bridgehead atoms. The zero-order chi connectivity index (χ0) is 16.7. The Morgan fingerprint density at radius 2 is 2.26 bits per heavy atom. The van der Waals surface area contributed by atoms with E-state index in [0.717, 1.165) is 25.0 Å². The SMILES string of the molecule is CCOC(=O)C1CCN(c2nc(CCCC#N)cnc2Cl)CC1. The summed E-state index contributed by atoms with van der Waals surface area (Å²) in [7, 11) is 0. The molecule has 0 unspecified atom stereocenters. The standard InChI is InChI=1S/C16H21ClN4O2/c1-2-23-16(22)12-6-9-21(10-7-12)15-14(17)19-11-13(20-15)5-3-4-8-18/h11-12H,2-7,9-10H2,1H3. The lowest BCUT2D eigenvalue weighted by Gasteiger charge is -2.32. The molecule has 1 aromatic rings. The normalized spacial score (nSPS) is 15.3. The first-order chi connectivity index (χ1) is 11.2. The topological polar surface area (TPSA) is 79.1 Å². The number of aromatic nitrogens is 2. The van der Waals surface area contributed by atoms with Crippen molar-refractivity contribution in [3.05, 3.63) is 17.0 Å². The van der Waals surface area contributed by atoms with E-state index >= 15 is 0 Å². The number of unbranched alkanes of at least 4 members (excludes halogenated alkanes) is 1. The molecule has 0 radical (unpaired) electrons. The van der Waals surface area contributed by atoms with E-state index in [1.165, 1.54) is 0 Å². The van der Waals surface area contributed by atoms with Crippen LogP contribution >= 0.6 is 11.6 Å². The quantitative estimate of drug-likeness (QED) is 0.587. The second-order valence-electron chi connectivity index (χ2n) is 5.50. The lowest BCUT2D eigenvalue weighted by molar-refractivity contribution is -0.148. The molecule has 0 spiro atoms. The van der Waals surface area contributed by atoms with Gasteiger partial charge in [-0.05, 0) is 32.6 Å². The van der Waals surface area contributed by atoms with Crippen LogP contribution < -0.4 is 4.90 Å². The predicted molar refractivity (Wildman–Crippen MR) is 87.2 cm³/mol. The van der Waals surface area contributed by atoms with Gasteiger partial charge < -0.3 is 9.64 Å².